The van der Waals surface area contributed by atoms with Gasteiger partial charge in [-0.25, -0.2) is 9.97 Å². The maximum Gasteiger partial charge on any atom is 0.265 e. The zero-order valence-corrected chi connectivity index (χ0v) is 14.7. The third-order valence-electron chi connectivity index (χ3n) is 4.67. The number of benzene rings is 1. The van der Waals surface area contributed by atoms with Crippen molar-refractivity contribution in [3.05, 3.63) is 56.5 Å². The summed E-state index contributed by atoms with van der Waals surface area (Å²) in [4.78, 5) is 39.3. The number of hydrogen-bond donors (Lipinski definition) is 1. The van der Waals surface area contributed by atoms with Gasteiger partial charge >= 0.3 is 0 Å². The second-order valence-corrected chi connectivity index (χ2v) is 7.18. The van der Waals surface area contributed by atoms with E-state index in [4.69, 9.17) is 0 Å². The molecular formula is C18H18N4O2S. The Hall–Kier alpha value is -2.54. The number of para-hydroxylation sites is 1. The molecule has 25 heavy (non-hydrogen) atoms. The van der Waals surface area contributed by atoms with Crippen LogP contribution < -0.4 is 5.56 Å². The SMILES string of the molecule is Cc1ncsc1C(=O)N1CCC[C@@H](c2nc3ccccc3c(=O)[nH]2)C1. The average Bonchev–Trinajstić information content (AvgIpc) is 3.07. The fourth-order valence-corrected chi connectivity index (χ4v) is 4.10. The van der Waals surface area contributed by atoms with Crippen LogP contribution >= 0.6 is 11.3 Å². The van der Waals surface area contributed by atoms with Gasteiger partial charge in [0, 0.05) is 19.0 Å². The van der Waals surface area contributed by atoms with E-state index in [9.17, 15) is 9.59 Å². The summed E-state index contributed by atoms with van der Waals surface area (Å²) in [5, 5.41) is 0.593. The summed E-state index contributed by atoms with van der Waals surface area (Å²) in [6.45, 7) is 3.15. The first kappa shape index (κ1) is 16.0. The first-order valence-electron chi connectivity index (χ1n) is 8.32. The average molecular weight is 354 g/mol. The summed E-state index contributed by atoms with van der Waals surface area (Å²) in [5.74, 6) is 0.735. The minimum absolute atomic E-state index is 0.0211. The maximum absolute atomic E-state index is 12.7. The van der Waals surface area contributed by atoms with Gasteiger partial charge in [0.1, 0.15) is 10.7 Å². The Bertz CT molecular complexity index is 994. The highest BCUT2D eigenvalue weighted by Gasteiger charge is 2.28. The molecule has 0 spiro atoms. The van der Waals surface area contributed by atoms with E-state index < -0.39 is 0 Å². The van der Waals surface area contributed by atoms with Gasteiger partial charge in [0.2, 0.25) is 0 Å². The molecule has 1 fully saturated rings. The van der Waals surface area contributed by atoms with Crippen LogP contribution in [0.4, 0.5) is 0 Å². The third kappa shape index (κ3) is 2.95. The van der Waals surface area contributed by atoms with Crippen LogP contribution in [0.1, 0.15) is 39.9 Å². The highest BCUT2D eigenvalue weighted by atomic mass is 32.1. The first-order chi connectivity index (χ1) is 12.1. The van der Waals surface area contributed by atoms with Gasteiger partial charge in [0.05, 0.1) is 22.1 Å². The van der Waals surface area contributed by atoms with Crippen molar-refractivity contribution in [3.8, 4) is 0 Å². The van der Waals surface area contributed by atoms with E-state index in [1.807, 2.05) is 30.0 Å². The first-order valence-corrected chi connectivity index (χ1v) is 9.20. The number of aromatic nitrogens is 3. The topological polar surface area (TPSA) is 79.0 Å². The van der Waals surface area contributed by atoms with Crippen molar-refractivity contribution in [2.24, 2.45) is 0 Å². The molecule has 1 saturated heterocycles. The number of thiazole rings is 1. The number of rotatable bonds is 2. The Morgan fingerprint density at radius 1 is 1.36 bits per heavy atom. The molecule has 0 saturated carbocycles. The number of aryl methyl sites for hydroxylation is 1. The fourth-order valence-electron chi connectivity index (χ4n) is 3.33. The second-order valence-electron chi connectivity index (χ2n) is 6.33. The summed E-state index contributed by atoms with van der Waals surface area (Å²) >= 11 is 1.38. The van der Waals surface area contributed by atoms with Crippen molar-refractivity contribution < 1.29 is 4.79 Å². The second kappa shape index (κ2) is 6.40. The molecule has 1 aliphatic rings. The lowest BCUT2D eigenvalue weighted by Gasteiger charge is -2.32. The summed E-state index contributed by atoms with van der Waals surface area (Å²) in [6, 6.07) is 7.33. The standard InChI is InChI=1S/C18H18N4O2S/c1-11-15(25-10-19-11)18(24)22-8-4-5-12(9-22)16-20-14-7-3-2-6-13(14)17(23)21-16/h2-3,6-7,10,12H,4-5,8-9H2,1H3,(H,20,21,23)/t12-/m1/s1. The third-order valence-corrected chi connectivity index (χ3v) is 5.58. The Morgan fingerprint density at radius 2 is 2.20 bits per heavy atom. The molecule has 0 radical (unpaired) electrons. The number of likely N-dealkylation sites (tertiary alicyclic amines) is 1. The predicted molar refractivity (Wildman–Crippen MR) is 97.1 cm³/mol. The number of carbonyl (C=O) groups is 1. The zero-order chi connectivity index (χ0) is 17.4. The van der Waals surface area contributed by atoms with E-state index in [-0.39, 0.29) is 17.4 Å². The minimum atomic E-state index is -0.123. The number of nitrogens with zero attached hydrogens (tertiary/aromatic N) is 3. The molecule has 128 valence electrons. The van der Waals surface area contributed by atoms with Crippen molar-refractivity contribution in [1.29, 1.82) is 0 Å². The van der Waals surface area contributed by atoms with Crippen LogP contribution in [-0.2, 0) is 0 Å². The van der Waals surface area contributed by atoms with Crippen LogP contribution in [0, 0.1) is 6.92 Å². The molecule has 1 atom stereocenters. The van der Waals surface area contributed by atoms with Gasteiger partial charge in [-0.1, -0.05) is 12.1 Å². The smallest absolute Gasteiger partial charge is 0.265 e. The van der Waals surface area contributed by atoms with Gasteiger partial charge in [-0.2, -0.15) is 0 Å². The molecule has 7 heteroatoms. The quantitative estimate of drug-likeness (QED) is 0.767. The molecule has 1 amide bonds. The minimum Gasteiger partial charge on any atom is -0.337 e. The number of hydrogen-bond acceptors (Lipinski definition) is 5. The van der Waals surface area contributed by atoms with Gasteiger partial charge in [-0.15, -0.1) is 11.3 Å². The number of nitrogens with one attached hydrogen (secondary N) is 1. The molecule has 0 bridgehead atoms. The number of H-pyrrole nitrogens is 1. The van der Waals surface area contributed by atoms with E-state index in [1.165, 1.54) is 11.3 Å². The molecule has 3 heterocycles. The lowest BCUT2D eigenvalue weighted by Crippen LogP contribution is -2.39. The van der Waals surface area contributed by atoms with Gasteiger partial charge in [0.15, 0.2) is 0 Å². The molecule has 0 aliphatic carbocycles. The van der Waals surface area contributed by atoms with Gasteiger partial charge in [-0.05, 0) is 31.9 Å². The molecule has 3 aromatic rings. The molecule has 6 nitrogen and oxygen atoms in total. The summed E-state index contributed by atoms with van der Waals surface area (Å²) in [7, 11) is 0. The van der Waals surface area contributed by atoms with Crippen molar-refractivity contribution in [1.82, 2.24) is 19.9 Å². The van der Waals surface area contributed by atoms with Crippen LogP contribution in [0.2, 0.25) is 0 Å². The molecule has 0 unspecified atom stereocenters. The van der Waals surface area contributed by atoms with E-state index in [0.29, 0.717) is 28.1 Å². The normalized spacial score (nSPS) is 17.8. The molecule has 1 N–H and O–H groups in total. The summed E-state index contributed by atoms with van der Waals surface area (Å²) in [5.41, 5.74) is 3.05. The molecule has 4 rings (SSSR count). The van der Waals surface area contributed by atoms with Gasteiger partial charge in [0.25, 0.3) is 11.5 Å². The van der Waals surface area contributed by atoms with E-state index in [2.05, 4.69) is 15.0 Å². The molecule has 1 aromatic carbocycles. The zero-order valence-electron chi connectivity index (χ0n) is 13.9. The fraction of sp³-hybridized carbons (Fsp3) is 0.333. The Balaban J connectivity index is 1.62. The number of amides is 1. The van der Waals surface area contributed by atoms with Crippen LogP contribution in [0.3, 0.4) is 0 Å². The van der Waals surface area contributed by atoms with Crippen LogP contribution in [0.5, 0.6) is 0 Å². The van der Waals surface area contributed by atoms with Crippen molar-refractivity contribution in [2.75, 3.05) is 13.1 Å². The number of fused-ring (bicyclic) bond motifs is 1. The maximum atomic E-state index is 12.7. The highest BCUT2D eigenvalue weighted by Crippen LogP contribution is 2.27. The van der Waals surface area contributed by atoms with Gasteiger partial charge < -0.3 is 9.88 Å². The highest BCUT2D eigenvalue weighted by molar-refractivity contribution is 7.11. The largest absolute Gasteiger partial charge is 0.337 e. The Labute approximate surface area is 148 Å². The number of piperidine rings is 1. The predicted octanol–water partition coefficient (Wildman–Crippen LogP) is 2.71. The number of carbonyl (C=O) groups excluding carboxylic acids is 1. The van der Waals surface area contributed by atoms with Crippen molar-refractivity contribution in [2.45, 2.75) is 25.7 Å². The van der Waals surface area contributed by atoms with E-state index in [1.54, 1.807) is 11.6 Å². The number of aromatic amines is 1. The lowest BCUT2D eigenvalue weighted by molar-refractivity contribution is 0.0708. The van der Waals surface area contributed by atoms with Crippen molar-refractivity contribution in [3.63, 3.8) is 0 Å². The van der Waals surface area contributed by atoms with E-state index >= 15 is 0 Å². The monoisotopic (exact) mass is 354 g/mol. The van der Waals surface area contributed by atoms with Crippen LogP contribution in [0.25, 0.3) is 10.9 Å². The van der Waals surface area contributed by atoms with Gasteiger partial charge in [-0.3, -0.25) is 9.59 Å². The molecule has 1 aliphatic heterocycles. The lowest BCUT2D eigenvalue weighted by atomic mass is 9.96. The van der Waals surface area contributed by atoms with Crippen molar-refractivity contribution >= 4 is 28.1 Å². The molecular weight excluding hydrogens is 336 g/mol. The van der Waals surface area contributed by atoms with E-state index in [0.717, 1.165) is 25.1 Å². The Kier molecular flexibility index (Phi) is 4.09. The Morgan fingerprint density at radius 3 is 3.00 bits per heavy atom. The molecule has 2 aromatic heterocycles. The summed E-state index contributed by atoms with van der Waals surface area (Å²) < 4.78 is 0. The van der Waals surface area contributed by atoms with Crippen LogP contribution in [0.15, 0.2) is 34.6 Å². The summed E-state index contributed by atoms with van der Waals surface area (Å²) in [6.07, 6.45) is 1.80. The van der Waals surface area contributed by atoms with Crippen LogP contribution in [-0.4, -0.2) is 38.8 Å².